The number of hydrogen-bond acceptors (Lipinski definition) is 8. The van der Waals surface area contributed by atoms with Gasteiger partial charge in [0.15, 0.2) is 11.6 Å². The number of hydrogen-bond donors (Lipinski definition) is 1. The topological polar surface area (TPSA) is 82.1 Å². The molecule has 1 N–H and O–H groups in total. The second-order valence-electron chi connectivity index (χ2n) is 7.75. The molecule has 0 spiro atoms. The lowest BCUT2D eigenvalue weighted by molar-refractivity contribution is 0.413. The first-order chi connectivity index (χ1) is 16.6. The van der Waals surface area contributed by atoms with Gasteiger partial charge in [-0.15, -0.1) is 21.5 Å². The lowest BCUT2D eigenvalue weighted by atomic mass is 10.1. The van der Waals surface area contributed by atoms with Crippen LogP contribution in [0.15, 0.2) is 66.3 Å². The molecule has 0 fully saturated rings. The predicted octanol–water partition coefficient (Wildman–Crippen LogP) is 6.56. The van der Waals surface area contributed by atoms with E-state index in [0.29, 0.717) is 28.3 Å². The van der Waals surface area contributed by atoms with Gasteiger partial charge in [0.2, 0.25) is 0 Å². The molecule has 0 aliphatic carbocycles. The molecule has 170 valence electrons. The number of rotatable bonds is 7. The van der Waals surface area contributed by atoms with Crippen molar-refractivity contribution >= 4 is 33.9 Å². The highest BCUT2D eigenvalue weighted by atomic mass is 32.1. The summed E-state index contributed by atoms with van der Waals surface area (Å²) in [6.07, 6.45) is 4.20. The van der Waals surface area contributed by atoms with Gasteiger partial charge in [0.1, 0.15) is 22.7 Å². The lowest BCUT2D eigenvalue weighted by Crippen LogP contribution is -2.01. The van der Waals surface area contributed by atoms with Crippen molar-refractivity contribution < 1.29 is 9.47 Å². The van der Waals surface area contributed by atoms with Crippen LogP contribution in [-0.4, -0.2) is 27.3 Å². The van der Waals surface area contributed by atoms with Gasteiger partial charge in [-0.2, -0.15) is 0 Å². The summed E-state index contributed by atoms with van der Waals surface area (Å²) in [5.74, 6) is 2.74. The molecule has 0 aliphatic rings. The summed E-state index contributed by atoms with van der Waals surface area (Å²) in [5.41, 5.74) is 5.54. The molecular formula is C26H23N5O2S. The Labute approximate surface area is 201 Å². The van der Waals surface area contributed by atoms with Gasteiger partial charge < -0.3 is 14.8 Å². The van der Waals surface area contributed by atoms with Crippen LogP contribution in [-0.2, 0) is 6.42 Å². The first-order valence-electron chi connectivity index (χ1n) is 10.9. The van der Waals surface area contributed by atoms with Crippen LogP contribution >= 0.6 is 11.3 Å². The Morgan fingerprint density at radius 3 is 2.56 bits per heavy atom. The molecular weight excluding hydrogens is 446 g/mol. The Morgan fingerprint density at radius 2 is 1.82 bits per heavy atom. The van der Waals surface area contributed by atoms with E-state index in [1.807, 2.05) is 30.3 Å². The molecule has 0 unspecified atom stereocenters. The molecule has 5 aromatic rings. The Kier molecular flexibility index (Phi) is 6.05. The molecule has 4 heterocycles. The number of thiophene rings is 1. The number of nitrogens with zero attached hydrogens (tertiary/aromatic N) is 4. The molecule has 0 saturated heterocycles. The Morgan fingerprint density at radius 1 is 0.971 bits per heavy atom. The smallest absolute Gasteiger partial charge is 0.156 e. The molecule has 7 nitrogen and oxygen atoms in total. The van der Waals surface area contributed by atoms with Crippen molar-refractivity contribution in [3.63, 3.8) is 0 Å². The van der Waals surface area contributed by atoms with Crippen molar-refractivity contribution in [1.29, 1.82) is 0 Å². The number of benzene rings is 1. The minimum absolute atomic E-state index is 0.631. The van der Waals surface area contributed by atoms with Crippen molar-refractivity contribution in [2.45, 2.75) is 20.3 Å². The number of methoxy groups -OCH3 is 1. The molecule has 5 rings (SSSR count). The van der Waals surface area contributed by atoms with Crippen molar-refractivity contribution in [2.75, 3.05) is 12.4 Å². The van der Waals surface area contributed by atoms with Crippen LogP contribution in [0.4, 0.5) is 11.5 Å². The number of ether oxygens (including phenoxy) is 2. The van der Waals surface area contributed by atoms with Crippen molar-refractivity contribution in [2.24, 2.45) is 0 Å². The van der Waals surface area contributed by atoms with E-state index in [-0.39, 0.29) is 0 Å². The zero-order chi connectivity index (χ0) is 23.5. The molecule has 0 atom stereocenters. The van der Waals surface area contributed by atoms with E-state index in [9.17, 15) is 0 Å². The summed E-state index contributed by atoms with van der Waals surface area (Å²) in [6, 6.07) is 15.6. The summed E-state index contributed by atoms with van der Waals surface area (Å²) in [7, 11) is 1.60. The third-order valence-electron chi connectivity index (χ3n) is 5.33. The fraction of sp³-hybridized carbons (Fsp3) is 0.154. The molecule has 8 heteroatoms. The number of aryl methyl sites for hydroxylation is 2. The zero-order valence-electron chi connectivity index (χ0n) is 19.1. The average molecular weight is 470 g/mol. The Hall–Kier alpha value is -4.04. The van der Waals surface area contributed by atoms with Crippen molar-refractivity contribution in [3.05, 3.63) is 77.4 Å². The average Bonchev–Trinajstić information content (AvgIpc) is 3.31. The second kappa shape index (κ2) is 9.44. The van der Waals surface area contributed by atoms with E-state index in [0.717, 1.165) is 34.1 Å². The minimum atomic E-state index is 0.631. The second-order valence-corrected chi connectivity index (χ2v) is 8.66. The van der Waals surface area contributed by atoms with Gasteiger partial charge in [-0.3, -0.25) is 4.98 Å². The molecule has 0 bridgehead atoms. The van der Waals surface area contributed by atoms with Crippen molar-refractivity contribution in [3.8, 4) is 27.8 Å². The van der Waals surface area contributed by atoms with Gasteiger partial charge in [-0.05, 0) is 66.2 Å². The van der Waals surface area contributed by atoms with Gasteiger partial charge in [0.05, 0.1) is 23.7 Å². The van der Waals surface area contributed by atoms with Crippen LogP contribution in [0.3, 0.4) is 0 Å². The highest BCUT2D eigenvalue weighted by Gasteiger charge is 2.11. The Bertz CT molecular complexity index is 1450. The van der Waals surface area contributed by atoms with Crippen molar-refractivity contribution in [1.82, 2.24) is 20.2 Å². The monoisotopic (exact) mass is 469 g/mol. The largest absolute Gasteiger partial charge is 0.495 e. The maximum absolute atomic E-state index is 6.08. The number of fused-ring (bicyclic) bond motifs is 1. The number of aromatic nitrogens is 4. The number of nitrogens with one attached hydrogen (secondary N) is 1. The van der Waals surface area contributed by atoms with E-state index in [1.54, 1.807) is 36.9 Å². The SMILES string of the molecule is CCc1cc(-c2cc(C)cs2)nnc1Nc1ccc(Oc2ccnc3cc(OC)cnc23)cc1. The van der Waals surface area contributed by atoms with E-state index in [1.165, 1.54) is 5.56 Å². The van der Waals surface area contributed by atoms with Crippen LogP contribution in [0.5, 0.6) is 17.2 Å². The highest BCUT2D eigenvalue weighted by molar-refractivity contribution is 7.13. The fourth-order valence-electron chi connectivity index (χ4n) is 3.54. The van der Waals surface area contributed by atoms with Crippen LogP contribution in [0.2, 0.25) is 0 Å². The van der Waals surface area contributed by atoms with Gasteiger partial charge in [-0.1, -0.05) is 6.92 Å². The van der Waals surface area contributed by atoms with E-state index in [2.05, 4.69) is 56.8 Å². The minimum Gasteiger partial charge on any atom is -0.495 e. The predicted molar refractivity (Wildman–Crippen MR) is 135 cm³/mol. The summed E-state index contributed by atoms with van der Waals surface area (Å²) in [5, 5.41) is 14.4. The fourth-order valence-corrected chi connectivity index (χ4v) is 4.40. The maximum atomic E-state index is 6.08. The summed E-state index contributed by atoms with van der Waals surface area (Å²) in [6.45, 7) is 4.20. The zero-order valence-corrected chi connectivity index (χ0v) is 19.9. The van der Waals surface area contributed by atoms with E-state index < -0.39 is 0 Å². The third-order valence-corrected chi connectivity index (χ3v) is 6.40. The molecule has 0 aliphatic heterocycles. The first kappa shape index (κ1) is 21.8. The molecule has 0 radical (unpaired) electrons. The van der Waals surface area contributed by atoms with Gasteiger partial charge >= 0.3 is 0 Å². The third kappa shape index (κ3) is 4.53. The van der Waals surface area contributed by atoms with Gasteiger partial charge in [0.25, 0.3) is 0 Å². The number of anilines is 2. The maximum Gasteiger partial charge on any atom is 0.156 e. The van der Waals surface area contributed by atoms with Crippen LogP contribution in [0.1, 0.15) is 18.1 Å². The number of pyridine rings is 2. The summed E-state index contributed by atoms with van der Waals surface area (Å²) >= 11 is 1.68. The highest BCUT2D eigenvalue weighted by Crippen LogP contribution is 2.31. The van der Waals surface area contributed by atoms with E-state index >= 15 is 0 Å². The van der Waals surface area contributed by atoms with Crippen LogP contribution < -0.4 is 14.8 Å². The summed E-state index contributed by atoms with van der Waals surface area (Å²) in [4.78, 5) is 9.91. The normalized spacial score (nSPS) is 10.9. The molecule has 0 saturated carbocycles. The molecule has 1 aromatic carbocycles. The van der Waals surface area contributed by atoms with E-state index in [4.69, 9.17) is 9.47 Å². The van der Waals surface area contributed by atoms with Crippen LogP contribution in [0.25, 0.3) is 21.6 Å². The van der Waals surface area contributed by atoms with Crippen LogP contribution in [0, 0.1) is 6.92 Å². The lowest BCUT2D eigenvalue weighted by Gasteiger charge is -2.12. The molecule has 34 heavy (non-hydrogen) atoms. The standard InChI is InChI=1S/C26H23N5O2S/c1-4-17-12-21(24-11-16(2)15-34-24)30-31-26(17)29-18-5-7-19(8-6-18)33-23-9-10-27-22-13-20(32-3)14-28-25(22)23/h5-15H,4H2,1-3H3,(H,29,31). The quantitative estimate of drug-likeness (QED) is 0.289. The van der Waals surface area contributed by atoms with Gasteiger partial charge in [0, 0.05) is 24.0 Å². The molecule has 0 amide bonds. The summed E-state index contributed by atoms with van der Waals surface area (Å²) < 4.78 is 11.3. The Balaban J connectivity index is 1.33. The molecule has 4 aromatic heterocycles. The van der Waals surface area contributed by atoms with Gasteiger partial charge in [-0.25, -0.2) is 4.98 Å². The first-order valence-corrected chi connectivity index (χ1v) is 11.8.